The Morgan fingerprint density at radius 3 is 2.33 bits per heavy atom. The molecule has 1 fully saturated rings. The van der Waals surface area contributed by atoms with Crippen LogP contribution in [0.4, 0.5) is 17.6 Å². The zero-order valence-corrected chi connectivity index (χ0v) is 9.89. The molecule has 1 N–H and O–H groups in total. The van der Waals surface area contributed by atoms with Crippen molar-refractivity contribution in [2.24, 2.45) is 5.92 Å². The number of halogens is 4. The summed E-state index contributed by atoms with van der Waals surface area (Å²) in [7, 11) is 0. The van der Waals surface area contributed by atoms with E-state index in [0.29, 0.717) is 18.4 Å². The second-order valence-electron chi connectivity index (χ2n) is 5.11. The van der Waals surface area contributed by atoms with Gasteiger partial charge in [0.1, 0.15) is 5.82 Å². The predicted molar refractivity (Wildman–Crippen MR) is 58.3 cm³/mol. The van der Waals surface area contributed by atoms with Crippen LogP contribution >= 0.6 is 0 Å². The predicted octanol–water partition coefficient (Wildman–Crippen LogP) is 3.85. The monoisotopic (exact) mass is 262 g/mol. The lowest BCUT2D eigenvalue weighted by molar-refractivity contribution is -0.140. The van der Waals surface area contributed by atoms with Gasteiger partial charge < -0.3 is 5.11 Å². The van der Waals surface area contributed by atoms with Crippen molar-refractivity contribution in [1.29, 1.82) is 0 Å². The first-order chi connectivity index (χ1) is 8.20. The molecule has 2 rings (SSSR count). The van der Waals surface area contributed by atoms with Crippen LogP contribution in [0.1, 0.15) is 37.3 Å². The van der Waals surface area contributed by atoms with E-state index in [-0.39, 0.29) is 5.56 Å². The molecule has 0 bridgehead atoms. The van der Waals surface area contributed by atoms with Crippen molar-refractivity contribution >= 4 is 0 Å². The van der Waals surface area contributed by atoms with Gasteiger partial charge in [0.25, 0.3) is 0 Å². The number of alkyl halides is 3. The zero-order chi connectivity index (χ0) is 13.6. The minimum absolute atomic E-state index is 0.194. The molecule has 1 aliphatic rings. The van der Waals surface area contributed by atoms with Gasteiger partial charge in [0.2, 0.25) is 0 Å². The van der Waals surface area contributed by atoms with Crippen LogP contribution in [0.3, 0.4) is 0 Å². The normalized spacial score (nSPS) is 19.7. The maximum Gasteiger partial charge on any atom is 0.419 e. The molecule has 1 aromatic carbocycles. The van der Waals surface area contributed by atoms with Gasteiger partial charge >= 0.3 is 6.18 Å². The molecule has 0 amide bonds. The van der Waals surface area contributed by atoms with E-state index in [4.69, 9.17) is 0 Å². The largest absolute Gasteiger partial charge is 0.419 e. The first-order valence-electron chi connectivity index (χ1n) is 5.80. The van der Waals surface area contributed by atoms with Gasteiger partial charge in [-0.15, -0.1) is 0 Å². The Hall–Kier alpha value is -1.10. The highest BCUT2D eigenvalue weighted by molar-refractivity contribution is 5.30. The molecular formula is C13H14F4O. The van der Waals surface area contributed by atoms with Crippen molar-refractivity contribution in [3.8, 4) is 0 Å². The van der Waals surface area contributed by atoms with E-state index in [1.807, 2.05) is 0 Å². The second kappa shape index (κ2) is 4.23. The number of benzene rings is 1. The van der Waals surface area contributed by atoms with Crippen molar-refractivity contribution in [2.45, 2.75) is 38.0 Å². The van der Waals surface area contributed by atoms with Gasteiger partial charge in [0.05, 0.1) is 11.2 Å². The van der Waals surface area contributed by atoms with Gasteiger partial charge in [-0.05, 0) is 37.0 Å². The zero-order valence-electron chi connectivity index (χ0n) is 9.89. The Morgan fingerprint density at radius 1 is 1.28 bits per heavy atom. The maximum atomic E-state index is 13.4. The Labute approximate surface area is 102 Å². The molecule has 0 aliphatic heterocycles. The van der Waals surface area contributed by atoms with Crippen molar-refractivity contribution in [2.75, 3.05) is 0 Å². The summed E-state index contributed by atoms with van der Waals surface area (Å²) in [5.41, 5.74) is -2.38. The summed E-state index contributed by atoms with van der Waals surface area (Å²) in [5.74, 6) is -0.943. The molecule has 0 radical (unpaired) electrons. The van der Waals surface area contributed by atoms with Crippen LogP contribution in [0, 0.1) is 11.7 Å². The van der Waals surface area contributed by atoms with Crippen LogP contribution in [0.5, 0.6) is 0 Å². The first kappa shape index (κ1) is 13.3. The van der Waals surface area contributed by atoms with E-state index in [0.717, 1.165) is 25.0 Å². The van der Waals surface area contributed by atoms with E-state index < -0.39 is 23.2 Å². The van der Waals surface area contributed by atoms with E-state index in [1.54, 1.807) is 0 Å². The summed E-state index contributed by atoms with van der Waals surface area (Å²) in [6.45, 7) is 1.51. The molecular weight excluding hydrogens is 248 g/mol. The molecule has 0 saturated heterocycles. The Bertz CT molecular complexity index is 447. The highest BCUT2D eigenvalue weighted by Crippen LogP contribution is 2.41. The number of aliphatic hydroxyl groups is 1. The Morgan fingerprint density at radius 2 is 1.89 bits per heavy atom. The van der Waals surface area contributed by atoms with Gasteiger partial charge in [0.15, 0.2) is 0 Å². The quantitative estimate of drug-likeness (QED) is 0.820. The summed E-state index contributed by atoms with van der Waals surface area (Å²) in [4.78, 5) is 0. The molecule has 0 heterocycles. The highest BCUT2D eigenvalue weighted by atomic mass is 19.4. The molecule has 0 aromatic heterocycles. The summed E-state index contributed by atoms with van der Waals surface area (Å²) < 4.78 is 50.6. The molecule has 18 heavy (non-hydrogen) atoms. The molecule has 1 aromatic rings. The summed E-state index contributed by atoms with van der Waals surface area (Å²) in [5, 5.41) is 10.2. The fourth-order valence-electron chi connectivity index (χ4n) is 2.08. The van der Waals surface area contributed by atoms with Gasteiger partial charge in [0, 0.05) is 0 Å². The molecule has 0 spiro atoms. The van der Waals surface area contributed by atoms with E-state index >= 15 is 0 Å². The van der Waals surface area contributed by atoms with Crippen molar-refractivity contribution in [1.82, 2.24) is 0 Å². The Kier molecular flexibility index (Phi) is 3.13. The minimum Gasteiger partial charge on any atom is -0.385 e. The number of hydrogen-bond donors (Lipinski definition) is 1. The van der Waals surface area contributed by atoms with E-state index in [1.165, 1.54) is 6.92 Å². The van der Waals surface area contributed by atoms with Crippen LogP contribution in [-0.4, -0.2) is 5.11 Å². The molecule has 1 nitrogen and oxygen atoms in total. The van der Waals surface area contributed by atoms with Gasteiger partial charge in [-0.1, -0.05) is 18.9 Å². The van der Waals surface area contributed by atoms with E-state index in [9.17, 15) is 22.7 Å². The smallest absolute Gasteiger partial charge is 0.385 e. The third-order valence-electron chi connectivity index (χ3n) is 3.28. The lowest BCUT2D eigenvalue weighted by Gasteiger charge is -2.24. The number of rotatable bonds is 3. The van der Waals surface area contributed by atoms with Gasteiger partial charge in [-0.2, -0.15) is 13.2 Å². The first-order valence-corrected chi connectivity index (χ1v) is 5.80. The molecule has 1 aliphatic carbocycles. The second-order valence-corrected chi connectivity index (χ2v) is 5.11. The fraction of sp³-hybridized carbons (Fsp3) is 0.538. The van der Waals surface area contributed by atoms with Crippen molar-refractivity contribution in [3.63, 3.8) is 0 Å². The third kappa shape index (κ3) is 2.83. The van der Waals surface area contributed by atoms with Crippen LogP contribution in [0.2, 0.25) is 0 Å². The lowest BCUT2D eigenvalue weighted by Crippen LogP contribution is -2.22. The SMILES string of the molecule is CC(O)(CC1CC1)c1ccc(C(F)(F)F)c(F)c1. The number of hydrogen-bond acceptors (Lipinski definition) is 1. The molecule has 5 heteroatoms. The van der Waals surface area contributed by atoms with Crippen LogP contribution in [0.25, 0.3) is 0 Å². The van der Waals surface area contributed by atoms with Gasteiger partial charge in [-0.3, -0.25) is 0 Å². The van der Waals surface area contributed by atoms with Gasteiger partial charge in [-0.25, -0.2) is 4.39 Å². The summed E-state index contributed by atoms with van der Waals surface area (Å²) in [6, 6.07) is 2.62. The standard InChI is InChI=1S/C13H14F4O/c1-12(18,7-8-2-3-8)9-4-5-10(11(14)6-9)13(15,16)17/h4-6,8,18H,2-3,7H2,1H3. The van der Waals surface area contributed by atoms with Crippen LogP contribution in [-0.2, 0) is 11.8 Å². The summed E-state index contributed by atoms with van der Waals surface area (Å²) in [6.07, 6.45) is -2.22. The van der Waals surface area contributed by atoms with Crippen molar-refractivity contribution in [3.05, 3.63) is 35.1 Å². The summed E-state index contributed by atoms with van der Waals surface area (Å²) >= 11 is 0. The topological polar surface area (TPSA) is 20.2 Å². The third-order valence-corrected chi connectivity index (χ3v) is 3.28. The molecule has 1 atom stereocenters. The maximum absolute atomic E-state index is 13.4. The Balaban J connectivity index is 2.27. The minimum atomic E-state index is -4.70. The average Bonchev–Trinajstić information content (AvgIpc) is 2.98. The van der Waals surface area contributed by atoms with Crippen LogP contribution < -0.4 is 0 Å². The molecule has 100 valence electrons. The van der Waals surface area contributed by atoms with Crippen molar-refractivity contribution < 1.29 is 22.7 Å². The van der Waals surface area contributed by atoms with Crippen LogP contribution in [0.15, 0.2) is 18.2 Å². The highest BCUT2D eigenvalue weighted by Gasteiger charge is 2.37. The molecule has 1 saturated carbocycles. The lowest BCUT2D eigenvalue weighted by atomic mass is 9.89. The van der Waals surface area contributed by atoms with E-state index in [2.05, 4.69) is 0 Å². The molecule has 1 unspecified atom stereocenters. The average molecular weight is 262 g/mol. The fourth-order valence-corrected chi connectivity index (χ4v) is 2.08.